The summed E-state index contributed by atoms with van der Waals surface area (Å²) < 4.78 is 0. The van der Waals surface area contributed by atoms with Gasteiger partial charge in [0.1, 0.15) is 6.04 Å². The van der Waals surface area contributed by atoms with Gasteiger partial charge in [-0.25, -0.2) is 0 Å². The first kappa shape index (κ1) is 8.34. The van der Waals surface area contributed by atoms with E-state index in [4.69, 9.17) is 0 Å². The number of guanidine groups is 1. The Morgan fingerprint density at radius 1 is 1.46 bits per heavy atom. The third-order valence-electron chi connectivity index (χ3n) is 2.43. The monoisotopic (exact) mass is 182 g/mol. The second kappa shape index (κ2) is 3.24. The van der Waals surface area contributed by atoms with Crippen LogP contribution in [0.4, 0.5) is 0 Å². The molecule has 0 radical (unpaired) electrons. The van der Waals surface area contributed by atoms with E-state index in [9.17, 15) is 4.79 Å². The fourth-order valence-corrected chi connectivity index (χ4v) is 1.65. The first-order chi connectivity index (χ1) is 6.29. The van der Waals surface area contributed by atoms with Crippen LogP contribution in [0.1, 0.15) is 6.92 Å². The Bertz CT molecular complexity index is 251. The van der Waals surface area contributed by atoms with Gasteiger partial charge < -0.3 is 15.5 Å². The summed E-state index contributed by atoms with van der Waals surface area (Å²) in [5, 5.41) is 6.00. The van der Waals surface area contributed by atoms with Crippen LogP contribution < -0.4 is 10.6 Å². The van der Waals surface area contributed by atoms with Gasteiger partial charge in [0.25, 0.3) is 0 Å². The minimum absolute atomic E-state index is 0.0858. The molecule has 1 fully saturated rings. The van der Waals surface area contributed by atoms with Crippen LogP contribution in [0.3, 0.4) is 0 Å². The quantitative estimate of drug-likeness (QED) is 0.493. The summed E-state index contributed by atoms with van der Waals surface area (Å²) in [6.07, 6.45) is 0. The number of rotatable bonds is 0. The third-order valence-corrected chi connectivity index (χ3v) is 2.43. The molecular weight excluding hydrogens is 168 g/mol. The molecule has 0 aliphatic carbocycles. The topological polar surface area (TPSA) is 56.7 Å². The van der Waals surface area contributed by atoms with Crippen molar-refractivity contribution in [2.75, 3.05) is 26.2 Å². The van der Waals surface area contributed by atoms with Gasteiger partial charge >= 0.3 is 0 Å². The van der Waals surface area contributed by atoms with Crippen molar-refractivity contribution < 1.29 is 4.79 Å². The van der Waals surface area contributed by atoms with Crippen LogP contribution in [0.15, 0.2) is 4.99 Å². The predicted octanol–water partition coefficient (Wildman–Crippen LogP) is -1.23. The van der Waals surface area contributed by atoms with Crippen molar-refractivity contribution in [2.24, 2.45) is 4.99 Å². The van der Waals surface area contributed by atoms with Crippen LogP contribution >= 0.6 is 0 Å². The lowest BCUT2D eigenvalue weighted by Crippen LogP contribution is -2.57. The van der Waals surface area contributed by atoms with E-state index in [2.05, 4.69) is 15.6 Å². The van der Waals surface area contributed by atoms with Crippen LogP contribution in [0.25, 0.3) is 0 Å². The van der Waals surface area contributed by atoms with Crippen molar-refractivity contribution >= 4 is 11.9 Å². The minimum Gasteiger partial charge on any atom is -0.354 e. The van der Waals surface area contributed by atoms with Gasteiger partial charge in [-0.15, -0.1) is 0 Å². The average molecular weight is 182 g/mol. The van der Waals surface area contributed by atoms with Crippen LogP contribution in [0.2, 0.25) is 0 Å². The number of aliphatic imine (C=N–C) groups is 1. The molecule has 5 heteroatoms. The minimum atomic E-state index is -0.0990. The maximum atomic E-state index is 11.3. The summed E-state index contributed by atoms with van der Waals surface area (Å²) in [5.41, 5.74) is 0. The Balaban J connectivity index is 2.08. The second-order valence-electron chi connectivity index (χ2n) is 3.29. The van der Waals surface area contributed by atoms with Gasteiger partial charge in [-0.2, -0.15) is 0 Å². The van der Waals surface area contributed by atoms with Gasteiger partial charge in [0.05, 0.1) is 6.54 Å². The Labute approximate surface area is 77.2 Å². The maximum Gasteiger partial charge on any atom is 0.242 e. The summed E-state index contributed by atoms with van der Waals surface area (Å²) in [6.45, 7) is 5.17. The van der Waals surface area contributed by atoms with Crippen LogP contribution in [0, 0.1) is 0 Å². The highest BCUT2D eigenvalue weighted by Gasteiger charge is 2.28. The zero-order valence-corrected chi connectivity index (χ0v) is 7.71. The van der Waals surface area contributed by atoms with Crippen LogP contribution in [0.5, 0.6) is 0 Å². The fourth-order valence-electron chi connectivity index (χ4n) is 1.65. The van der Waals surface area contributed by atoms with Crippen molar-refractivity contribution in [3.8, 4) is 0 Å². The fraction of sp³-hybridized carbons (Fsp3) is 0.750. The van der Waals surface area contributed by atoms with Gasteiger partial charge in [0.15, 0.2) is 5.96 Å². The maximum absolute atomic E-state index is 11.3. The van der Waals surface area contributed by atoms with Gasteiger partial charge in [0.2, 0.25) is 5.91 Å². The largest absolute Gasteiger partial charge is 0.354 e. The molecule has 0 aromatic carbocycles. The highest BCUT2D eigenvalue weighted by Crippen LogP contribution is 2.05. The first-order valence-corrected chi connectivity index (χ1v) is 4.62. The van der Waals surface area contributed by atoms with E-state index in [1.807, 2.05) is 11.8 Å². The number of carbonyl (C=O) groups is 1. The van der Waals surface area contributed by atoms with E-state index in [-0.39, 0.29) is 11.9 Å². The molecule has 2 N–H and O–H groups in total. The molecule has 0 spiro atoms. The van der Waals surface area contributed by atoms with Gasteiger partial charge in [0, 0.05) is 19.6 Å². The molecule has 1 atom stereocenters. The normalized spacial score (nSPS) is 28.1. The van der Waals surface area contributed by atoms with Crippen molar-refractivity contribution in [3.05, 3.63) is 0 Å². The molecule has 1 amide bonds. The SMILES string of the molecule is CC1C(=O)NCCN1C1=NCCN1. The highest BCUT2D eigenvalue weighted by atomic mass is 16.2. The molecule has 0 bridgehead atoms. The molecule has 5 nitrogen and oxygen atoms in total. The lowest BCUT2D eigenvalue weighted by molar-refractivity contribution is -0.126. The Morgan fingerprint density at radius 3 is 3.00 bits per heavy atom. The number of hydrogen-bond acceptors (Lipinski definition) is 4. The van der Waals surface area contributed by atoms with Crippen molar-refractivity contribution in [1.82, 2.24) is 15.5 Å². The van der Waals surface area contributed by atoms with E-state index in [1.165, 1.54) is 0 Å². The van der Waals surface area contributed by atoms with Crippen molar-refractivity contribution in [3.63, 3.8) is 0 Å². The molecule has 0 aromatic rings. The van der Waals surface area contributed by atoms with Crippen LogP contribution in [-0.4, -0.2) is 49.0 Å². The van der Waals surface area contributed by atoms with E-state index in [0.717, 1.165) is 25.6 Å². The lowest BCUT2D eigenvalue weighted by Gasteiger charge is -2.34. The molecule has 1 saturated heterocycles. The number of piperazine rings is 1. The Kier molecular flexibility index (Phi) is 2.08. The molecule has 2 heterocycles. The first-order valence-electron chi connectivity index (χ1n) is 4.62. The lowest BCUT2D eigenvalue weighted by atomic mass is 10.2. The molecule has 0 aromatic heterocycles. The van der Waals surface area contributed by atoms with E-state index < -0.39 is 0 Å². The smallest absolute Gasteiger partial charge is 0.242 e. The number of hydrogen-bond donors (Lipinski definition) is 2. The molecule has 72 valence electrons. The van der Waals surface area contributed by atoms with Gasteiger partial charge in [-0.3, -0.25) is 9.79 Å². The number of carbonyl (C=O) groups excluding carboxylic acids is 1. The number of nitrogens with one attached hydrogen (secondary N) is 2. The molecule has 2 aliphatic heterocycles. The van der Waals surface area contributed by atoms with Crippen molar-refractivity contribution in [2.45, 2.75) is 13.0 Å². The molecule has 0 saturated carbocycles. The standard InChI is InChI=1S/C8H14N4O/c1-6-7(13)9-4-5-12(6)8-10-2-3-11-8/h6H,2-5H2,1H3,(H,9,13)(H,10,11). The summed E-state index contributed by atoms with van der Waals surface area (Å²) >= 11 is 0. The molecular formula is C8H14N4O. The zero-order valence-electron chi connectivity index (χ0n) is 7.71. The average Bonchev–Trinajstić information content (AvgIpc) is 2.62. The molecule has 2 rings (SSSR count). The summed E-state index contributed by atoms with van der Waals surface area (Å²) in [5.74, 6) is 0.963. The molecule has 13 heavy (non-hydrogen) atoms. The van der Waals surface area contributed by atoms with E-state index >= 15 is 0 Å². The molecule has 1 unspecified atom stereocenters. The Hall–Kier alpha value is -1.26. The highest BCUT2D eigenvalue weighted by molar-refractivity contribution is 5.90. The van der Waals surface area contributed by atoms with Crippen molar-refractivity contribution in [1.29, 1.82) is 0 Å². The second-order valence-corrected chi connectivity index (χ2v) is 3.29. The summed E-state index contributed by atoms with van der Waals surface area (Å²) in [4.78, 5) is 17.6. The van der Waals surface area contributed by atoms with Gasteiger partial charge in [-0.1, -0.05) is 0 Å². The number of nitrogens with zero attached hydrogens (tertiary/aromatic N) is 2. The third kappa shape index (κ3) is 1.46. The summed E-state index contributed by atoms with van der Waals surface area (Å²) in [7, 11) is 0. The summed E-state index contributed by atoms with van der Waals surface area (Å²) in [6, 6.07) is -0.0990. The van der Waals surface area contributed by atoms with Gasteiger partial charge in [-0.05, 0) is 6.92 Å². The molecule has 2 aliphatic rings. The predicted molar refractivity (Wildman–Crippen MR) is 49.5 cm³/mol. The van der Waals surface area contributed by atoms with E-state index in [0.29, 0.717) is 6.54 Å². The van der Waals surface area contributed by atoms with E-state index in [1.54, 1.807) is 0 Å². The Morgan fingerprint density at radius 2 is 2.31 bits per heavy atom. The number of amides is 1. The zero-order chi connectivity index (χ0) is 9.26. The van der Waals surface area contributed by atoms with Crippen LogP contribution in [-0.2, 0) is 4.79 Å².